The molecule has 0 saturated carbocycles. The van der Waals surface area contributed by atoms with Crippen LogP contribution in [0.4, 0.5) is 0 Å². The highest BCUT2D eigenvalue weighted by Gasteiger charge is 1.75. The summed E-state index contributed by atoms with van der Waals surface area (Å²) in [5, 5.41) is 0. The lowest BCUT2D eigenvalue weighted by Gasteiger charge is -1.91. The second-order valence-electron chi connectivity index (χ2n) is 0.720. The maximum absolute atomic E-state index is 5.13. The topological polar surface area (TPSA) is 18.5 Å². The van der Waals surface area contributed by atoms with E-state index >= 15 is 0 Å². The van der Waals surface area contributed by atoms with E-state index in [1.165, 1.54) is 0 Å². The zero-order chi connectivity index (χ0) is 4.83. The normalized spacial score (nSPS) is 11.5. The number of hydrogen-bond acceptors (Lipinski definition) is 2. The van der Waals surface area contributed by atoms with Crippen LogP contribution in [0.2, 0.25) is 0 Å². The van der Waals surface area contributed by atoms with E-state index in [0.29, 0.717) is 0 Å². The smallest absolute Gasteiger partial charge is 0.294 e. The first kappa shape index (κ1) is 6.64. The van der Waals surface area contributed by atoms with Gasteiger partial charge in [-0.3, -0.25) is 0 Å². The first-order valence-electron chi connectivity index (χ1n) is 1.54. The summed E-state index contributed by atoms with van der Waals surface area (Å²) in [6, 6.07) is 0.286. The Balaban J connectivity index is 2.34. The highest BCUT2D eigenvalue weighted by Crippen LogP contribution is 1.72. The van der Waals surface area contributed by atoms with Crippen molar-refractivity contribution in [1.29, 1.82) is 0 Å². The summed E-state index contributed by atoms with van der Waals surface area (Å²) in [4.78, 5) is 0. The second kappa shape index (κ2) is 5.64. The molecule has 0 aliphatic heterocycles. The molecule has 0 spiro atoms. The Morgan fingerprint density at radius 2 is 2.50 bits per heavy atom. The molecule has 0 radical (unpaired) electrons. The number of alkyl halides is 1. The molecule has 0 atom stereocenters. The summed E-state index contributed by atoms with van der Waals surface area (Å²) in [6.07, 6.45) is 0. The third-order valence-corrected chi connectivity index (χ3v) is 2.01. The van der Waals surface area contributed by atoms with Crippen molar-refractivity contribution in [2.75, 3.05) is 6.07 Å². The molecule has 0 N–H and O–H groups in total. The number of halogens is 1. The highest BCUT2D eigenvalue weighted by molar-refractivity contribution is 6.29. The number of hydrogen-bond donors (Lipinski definition) is 0. The SMILES string of the molecule is [SiH3]O[SiH2]OCCl. The Kier molecular flexibility index (Phi) is 6.25. The maximum atomic E-state index is 5.13. The van der Waals surface area contributed by atoms with E-state index in [1.807, 2.05) is 0 Å². The Morgan fingerprint density at radius 3 is 2.67 bits per heavy atom. The van der Waals surface area contributed by atoms with Crippen LogP contribution < -0.4 is 0 Å². The molecular formula is CH7ClO2Si2. The van der Waals surface area contributed by atoms with Gasteiger partial charge in [0.25, 0.3) is 10.0 Å². The summed E-state index contributed by atoms with van der Waals surface area (Å²) >= 11 is 5.13. The molecule has 2 nitrogen and oxygen atoms in total. The Bertz CT molecular complexity index is 23.5. The molecule has 0 amide bonds. The maximum Gasteiger partial charge on any atom is 0.294 e. The van der Waals surface area contributed by atoms with Crippen molar-refractivity contribution < 1.29 is 8.54 Å². The second-order valence-corrected chi connectivity index (χ2v) is 3.89. The van der Waals surface area contributed by atoms with Gasteiger partial charge in [0.05, 0.1) is 0 Å². The van der Waals surface area contributed by atoms with Crippen LogP contribution in [0.1, 0.15) is 0 Å². The fourth-order valence-electron chi connectivity index (χ4n) is 0.115. The molecule has 0 fully saturated rings. The summed E-state index contributed by atoms with van der Waals surface area (Å²) in [7, 11) is 0.133. The van der Waals surface area contributed by atoms with E-state index in [0.717, 1.165) is 10.5 Å². The van der Waals surface area contributed by atoms with Crippen LogP contribution in [-0.4, -0.2) is 26.6 Å². The van der Waals surface area contributed by atoms with Crippen molar-refractivity contribution in [1.82, 2.24) is 0 Å². The standard InChI is InChI=1S/CH7ClO2Si2/c2-1-3-6-4-5/h1,6H2,5H3. The van der Waals surface area contributed by atoms with Gasteiger partial charge in [-0.15, -0.1) is 0 Å². The third-order valence-electron chi connectivity index (χ3n) is 0.278. The lowest BCUT2D eigenvalue weighted by atomic mass is 11.7. The molecule has 6 heavy (non-hydrogen) atoms. The zero-order valence-corrected chi connectivity index (χ0v) is 7.78. The van der Waals surface area contributed by atoms with Gasteiger partial charge in [0.1, 0.15) is 16.6 Å². The molecule has 5 heteroatoms. The average Bonchev–Trinajstić information content (AvgIpc) is 1.61. The van der Waals surface area contributed by atoms with Crippen molar-refractivity contribution in [2.45, 2.75) is 0 Å². The van der Waals surface area contributed by atoms with Crippen molar-refractivity contribution in [3.63, 3.8) is 0 Å². The Morgan fingerprint density at radius 1 is 1.83 bits per heavy atom. The summed E-state index contributed by atoms with van der Waals surface area (Å²) in [5.74, 6) is 0. The van der Waals surface area contributed by atoms with Crippen molar-refractivity contribution >= 4 is 32.1 Å². The summed E-state index contributed by atoms with van der Waals surface area (Å²) < 4.78 is 9.45. The van der Waals surface area contributed by atoms with E-state index in [2.05, 4.69) is 0 Å². The fourth-order valence-corrected chi connectivity index (χ4v) is 1.03. The first-order chi connectivity index (χ1) is 2.91. The molecule has 0 aromatic carbocycles. The molecular weight excluding hydrogens is 136 g/mol. The van der Waals surface area contributed by atoms with Crippen LogP contribution in [0.5, 0.6) is 0 Å². The minimum absolute atomic E-state index is 0.286. The third kappa shape index (κ3) is 4.64. The van der Waals surface area contributed by atoms with Crippen molar-refractivity contribution in [3.8, 4) is 0 Å². The van der Waals surface area contributed by atoms with Gasteiger partial charge in [-0.05, 0) is 0 Å². The predicted octanol–water partition coefficient (Wildman–Crippen LogP) is -1.50. The molecule has 0 rings (SSSR count). The van der Waals surface area contributed by atoms with Gasteiger partial charge in [0, 0.05) is 0 Å². The molecule has 0 aliphatic carbocycles. The largest absolute Gasteiger partial charge is 0.449 e. The molecule has 0 unspecified atom stereocenters. The lowest BCUT2D eigenvalue weighted by Crippen LogP contribution is -1.98. The molecule has 38 valence electrons. The molecule has 0 aliphatic rings. The van der Waals surface area contributed by atoms with Crippen LogP contribution in [0.3, 0.4) is 0 Å². The minimum Gasteiger partial charge on any atom is -0.449 e. The molecule has 0 bridgehead atoms. The zero-order valence-electron chi connectivity index (χ0n) is 3.61. The minimum atomic E-state index is -0.649. The van der Waals surface area contributed by atoms with Crippen molar-refractivity contribution in [3.05, 3.63) is 0 Å². The summed E-state index contributed by atoms with van der Waals surface area (Å²) in [5.41, 5.74) is 0. The molecule has 0 saturated heterocycles. The first-order valence-corrected chi connectivity index (χ1v) is 4.05. The van der Waals surface area contributed by atoms with Crippen LogP contribution in [0, 0.1) is 0 Å². The van der Waals surface area contributed by atoms with Gasteiger partial charge >= 0.3 is 0 Å². The van der Waals surface area contributed by atoms with Crippen molar-refractivity contribution in [2.24, 2.45) is 0 Å². The Hall–Kier alpha value is 0.644. The predicted molar refractivity (Wildman–Crippen MR) is 31.4 cm³/mol. The highest BCUT2D eigenvalue weighted by atomic mass is 35.5. The molecule has 0 aromatic heterocycles. The van der Waals surface area contributed by atoms with Gasteiger partial charge in [0.2, 0.25) is 0 Å². The average molecular weight is 143 g/mol. The van der Waals surface area contributed by atoms with Crippen LogP contribution in [0.25, 0.3) is 0 Å². The van der Waals surface area contributed by atoms with Crippen LogP contribution >= 0.6 is 11.6 Å². The fraction of sp³-hybridized carbons (Fsp3) is 1.00. The number of rotatable bonds is 3. The Labute approximate surface area is 47.4 Å². The van der Waals surface area contributed by atoms with Gasteiger partial charge in [-0.25, -0.2) is 0 Å². The molecule has 0 aromatic rings. The molecule has 0 heterocycles. The van der Waals surface area contributed by atoms with Gasteiger partial charge in [-0.1, -0.05) is 11.6 Å². The van der Waals surface area contributed by atoms with E-state index in [-0.39, 0.29) is 6.07 Å². The van der Waals surface area contributed by atoms with E-state index in [4.69, 9.17) is 20.1 Å². The monoisotopic (exact) mass is 142 g/mol. The van der Waals surface area contributed by atoms with E-state index in [1.54, 1.807) is 0 Å². The lowest BCUT2D eigenvalue weighted by molar-refractivity contribution is 0.354. The van der Waals surface area contributed by atoms with Gasteiger partial charge in [0.15, 0.2) is 0 Å². The van der Waals surface area contributed by atoms with Gasteiger partial charge < -0.3 is 8.54 Å². The van der Waals surface area contributed by atoms with Crippen LogP contribution in [0.15, 0.2) is 0 Å². The summed E-state index contributed by atoms with van der Waals surface area (Å²) in [6.45, 7) is 0. The van der Waals surface area contributed by atoms with E-state index < -0.39 is 10.0 Å². The van der Waals surface area contributed by atoms with Crippen LogP contribution in [-0.2, 0) is 8.54 Å². The van der Waals surface area contributed by atoms with E-state index in [9.17, 15) is 0 Å². The van der Waals surface area contributed by atoms with Gasteiger partial charge in [-0.2, -0.15) is 0 Å². The quantitative estimate of drug-likeness (QED) is 0.271.